The van der Waals surface area contributed by atoms with Crippen molar-refractivity contribution in [2.75, 3.05) is 4.90 Å². The molecule has 0 aromatic heterocycles. The summed E-state index contributed by atoms with van der Waals surface area (Å²) in [6.07, 6.45) is 0. The molecule has 3 aliphatic rings. The van der Waals surface area contributed by atoms with Gasteiger partial charge in [0, 0.05) is 27.8 Å². The maximum absolute atomic E-state index is 2.56. The van der Waals surface area contributed by atoms with E-state index < -0.39 is 5.41 Å². The second-order valence-electron chi connectivity index (χ2n) is 17.7. The lowest BCUT2D eigenvalue weighted by Crippen LogP contribution is -2.28. The highest BCUT2D eigenvalue weighted by molar-refractivity contribution is 5.99. The summed E-state index contributed by atoms with van der Waals surface area (Å²) in [5.41, 5.74) is 22.2. The van der Waals surface area contributed by atoms with Crippen LogP contribution >= 0.6 is 0 Å². The Balaban J connectivity index is 1.15. The number of anilines is 3. The number of hydrogen-bond acceptors (Lipinski definition) is 1. The summed E-state index contributed by atoms with van der Waals surface area (Å²) in [7, 11) is 0. The fourth-order valence-electron chi connectivity index (χ4n) is 11.6. The van der Waals surface area contributed by atoms with E-state index in [0.717, 1.165) is 11.4 Å². The zero-order valence-corrected chi connectivity index (χ0v) is 34.7. The first kappa shape index (κ1) is 35.7. The summed E-state index contributed by atoms with van der Waals surface area (Å²) in [6, 6.07) is 81.9. The van der Waals surface area contributed by atoms with Gasteiger partial charge in [-0.3, -0.25) is 0 Å². The average Bonchev–Trinajstić information content (AvgIpc) is 3.86. The van der Waals surface area contributed by atoms with Gasteiger partial charge in [-0.15, -0.1) is 0 Å². The van der Waals surface area contributed by atoms with Gasteiger partial charge in [0.25, 0.3) is 0 Å². The van der Waals surface area contributed by atoms with Crippen molar-refractivity contribution in [3.05, 3.63) is 268 Å². The molecule has 0 saturated carbocycles. The minimum atomic E-state index is -0.508. The van der Waals surface area contributed by atoms with Gasteiger partial charge in [0.15, 0.2) is 0 Å². The van der Waals surface area contributed by atoms with Gasteiger partial charge in [-0.05, 0) is 115 Å². The number of rotatable bonds is 6. The topological polar surface area (TPSA) is 3.24 Å². The third-order valence-corrected chi connectivity index (χ3v) is 14.4. The van der Waals surface area contributed by atoms with E-state index in [1.165, 1.54) is 89.1 Å². The van der Waals surface area contributed by atoms with E-state index in [2.05, 4.69) is 244 Å². The Morgan fingerprint density at radius 1 is 0.311 bits per heavy atom. The molecule has 0 saturated heterocycles. The van der Waals surface area contributed by atoms with Crippen molar-refractivity contribution in [1.29, 1.82) is 0 Å². The number of nitrogens with zero attached hydrogens (tertiary/aromatic N) is 1. The van der Waals surface area contributed by atoms with E-state index >= 15 is 0 Å². The molecule has 1 nitrogen and oxygen atoms in total. The molecule has 0 radical (unpaired) electrons. The van der Waals surface area contributed by atoms with Crippen molar-refractivity contribution in [3.8, 4) is 33.4 Å². The van der Waals surface area contributed by atoms with Crippen LogP contribution in [0.5, 0.6) is 0 Å². The average molecular weight is 780 g/mol. The van der Waals surface area contributed by atoms with Crippen molar-refractivity contribution >= 4 is 17.1 Å². The first-order valence-electron chi connectivity index (χ1n) is 21.6. The summed E-state index contributed by atoms with van der Waals surface area (Å²) in [5, 5.41) is 0. The number of benzene rings is 9. The zero-order chi connectivity index (χ0) is 40.9. The van der Waals surface area contributed by atoms with Crippen molar-refractivity contribution in [1.82, 2.24) is 0 Å². The van der Waals surface area contributed by atoms with Gasteiger partial charge in [0.1, 0.15) is 0 Å². The van der Waals surface area contributed by atoms with Crippen LogP contribution in [0.4, 0.5) is 17.1 Å². The highest BCUT2D eigenvalue weighted by atomic mass is 15.1. The van der Waals surface area contributed by atoms with Gasteiger partial charge >= 0.3 is 0 Å². The van der Waals surface area contributed by atoms with Gasteiger partial charge in [-0.2, -0.15) is 0 Å². The molecule has 0 aliphatic heterocycles. The van der Waals surface area contributed by atoms with Crippen molar-refractivity contribution in [3.63, 3.8) is 0 Å². The quantitative estimate of drug-likeness (QED) is 0.162. The third kappa shape index (κ3) is 4.83. The highest BCUT2D eigenvalue weighted by Gasteiger charge is 2.48. The zero-order valence-electron chi connectivity index (χ0n) is 34.7. The van der Waals surface area contributed by atoms with Crippen molar-refractivity contribution in [2.24, 2.45) is 0 Å². The Bertz CT molecular complexity index is 3140. The minimum absolute atomic E-state index is 0.150. The molecular formula is C60H45N. The molecule has 0 fully saturated rings. The van der Waals surface area contributed by atoms with Gasteiger partial charge in [-0.1, -0.05) is 202 Å². The fraction of sp³-hybridized carbons (Fsp3) is 0.100. The van der Waals surface area contributed by atoms with Gasteiger partial charge < -0.3 is 4.90 Å². The largest absolute Gasteiger partial charge is 0.310 e. The third-order valence-electron chi connectivity index (χ3n) is 14.4. The van der Waals surface area contributed by atoms with Crippen LogP contribution in [0, 0.1) is 0 Å². The van der Waals surface area contributed by atoms with Crippen LogP contribution < -0.4 is 4.90 Å². The first-order chi connectivity index (χ1) is 29.9. The minimum Gasteiger partial charge on any atom is -0.310 e. The monoisotopic (exact) mass is 779 g/mol. The molecule has 0 spiro atoms. The van der Waals surface area contributed by atoms with E-state index in [1.54, 1.807) is 0 Å². The van der Waals surface area contributed by atoms with E-state index in [9.17, 15) is 0 Å². The van der Waals surface area contributed by atoms with E-state index in [1.807, 2.05) is 0 Å². The molecule has 0 N–H and O–H groups in total. The highest BCUT2D eigenvalue weighted by Crippen LogP contribution is 2.61. The van der Waals surface area contributed by atoms with Crippen LogP contribution in [0.25, 0.3) is 33.4 Å². The molecule has 9 aromatic rings. The second-order valence-corrected chi connectivity index (χ2v) is 17.7. The summed E-state index contributed by atoms with van der Waals surface area (Å²) in [4.78, 5) is 2.56. The number of hydrogen-bond donors (Lipinski definition) is 0. The predicted molar refractivity (Wildman–Crippen MR) is 253 cm³/mol. The maximum atomic E-state index is 2.56. The van der Waals surface area contributed by atoms with Crippen molar-refractivity contribution < 1.29 is 0 Å². The summed E-state index contributed by atoms with van der Waals surface area (Å²) < 4.78 is 0. The van der Waals surface area contributed by atoms with Crippen LogP contribution in [-0.4, -0.2) is 0 Å². The van der Waals surface area contributed by atoms with E-state index in [-0.39, 0.29) is 10.8 Å². The van der Waals surface area contributed by atoms with Gasteiger partial charge in [0.05, 0.1) is 11.1 Å². The molecule has 290 valence electrons. The lowest BCUT2D eigenvalue weighted by Gasteiger charge is -2.34. The molecule has 0 bridgehead atoms. The Morgan fingerprint density at radius 2 is 0.787 bits per heavy atom. The first-order valence-corrected chi connectivity index (χ1v) is 21.6. The normalized spacial score (nSPS) is 16.8. The molecule has 3 aliphatic carbocycles. The molecular weight excluding hydrogens is 735 g/mol. The van der Waals surface area contributed by atoms with Gasteiger partial charge in [0.2, 0.25) is 0 Å². The fourth-order valence-corrected chi connectivity index (χ4v) is 11.6. The lowest BCUT2D eigenvalue weighted by molar-refractivity contribution is 0.660. The molecule has 1 atom stereocenters. The van der Waals surface area contributed by atoms with Crippen molar-refractivity contribution in [2.45, 2.75) is 37.0 Å². The van der Waals surface area contributed by atoms with Crippen LogP contribution in [0.3, 0.4) is 0 Å². The SMILES string of the molecule is CC1(C)c2ccccc2-c2ccc(N(c3ccc4c(c3)-c3ccccc3C4(C)c3ccccc3)c3cccc4c3-c3ccccc3C4(c3ccccc3)c3ccccc3)cc21. The molecule has 1 unspecified atom stereocenters. The molecule has 1 heteroatoms. The molecule has 12 rings (SSSR count). The number of fused-ring (bicyclic) bond motifs is 9. The maximum Gasteiger partial charge on any atom is 0.0714 e. The predicted octanol–water partition coefficient (Wildman–Crippen LogP) is 15.2. The Hall–Kier alpha value is -7.22. The van der Waals surface area contributed by atoms with Gasteiger partial charge in [-0.25, -0.2) is 0 Å². The second kappa shape index (κ2) is 13.1. The van der Waals surface area contributed by atoms with Crippen LogP contribution in [0.15, 0.2) is 218 Å². The molecule has 61 heavy (non-hydrogen) atoms. The lowest BCUT2D eigenvalue weighted by atomic mass is 9.68. The smallest absolute Gasteiger partial charge is 0.0714 e. The Labute approximate surface area is 359 Å². The van der Waals surface area contributed by atoms with E-state index in [0.29, 0.717) is 0 Å². The Kier molecular flexibility index (Phi) is 7.69. The van der Waals surface area contributed by atoms with Crippen LogP contribution in [0.2, 0.25) is 0 Å². The molecule has 0 heterocycles. The molecule has 9 aromatic carbocycles. The summed E-state index contributed by atoms with van der Waals surface area (Å²) >= 11 is 0. The van der Waals surface area contributed by atoms with Crippen LogP contribution in [-0.2, 0) is 16.2 Å². The van der Waals surface area contributed by atoms with E-state index in [4.69, 9.17) is 0 Å². The summed E-state index contributed by atoms with van der Waals surface area (Å²) in [6.45, 7) is 7.17. The Morgan fingerprint density at radius 3 is 1.46 bits per heavy atom. The summed E-state index contributed by atoms with van der Waals surface area (Å²) in [5.74, 6) is 0. The molecule has 0 amide bonds. The standard InChI is InChI=1S/C60H45N/c1-58(2)50-29-16-13-26-45(50)47-36-34-44(39-55(47)58)61(43-35-37-52-49(38-43)46-27-14-17-30-51(46)59(52,3)40-20-7-4-8-21-40)56-33-19-32-54-57(56)48-28-15-18-31-53(48)60(54,41-22-9-5-10-23-41)42-24-11-6-12-25-42/h4-39H,1-3H3. The van der Waals surface area contributed by atoms with Crippen LogP contribution in [0.1, 0.15) is 70.8 Å².